The third-order valence-corrected chi connectivity index (χ3v) is 5.70. The minimum absolute atomic E-state index is 0.260. The molecule has 1 aliphatic carbocycles. The van der Waals surface area contributed by atoms with E-state index >= 15 is 0 Å². The van der Waals surface area contributed by atoms with Gasteiger partial charge >= 0.3 is 5.97 Å². The molecule has 2 N–H and O–H groups in total. The van der Waals surface area contributed by atoms with Crippen LogP contribution in [-0.4, -0.2) is 33.5 Å². The number of rotatable bonds is 8. The molecule has 0 bridgehead atoms. The van der Waals surface area contributed by atoms with E-state index in [1.165, 1.54) is 13.8 Å². The van der Waals surface area contributed by atoms with Crippen LogP contribution in [0, 0.1) is 5.41 Å². The zero-order valence-corrected chi connectivity index (χ0v) is 19.1. The maximum atomic E-state index is 13.6. The van der Waals surface area contributed by atoms with Gasteiger partial charge in [0.25, 0.3) is 0 Å². The van der Waals surface area contributed by atoms with Gasteiger partial charge in [0.2, 0.25) is 6.43 Å². The molecule has 1 aromatic carbocycles. The molecule has 1 unspecified atom stereocenters. The number of nitrogens with zero attached hydrogens (tertiary/aromatic N) is 3. The number of benzene rings is 1. The molecule has 30 heavy (non-hydrogen) atoms. The van der Waals surface area contributed by atoms with E-state index in [-0.39, 0.29) is 6.42 Å². The molecule has 0 saturated heterocycles. The summed E-state index contributed by atoms with van der Waals surface area (Å²) in [7, 11) is 0. The number of aromatic nitrogens is 3. The first-order chi connectivity index (χ1) is 13.9. The monoisotopic (exact) mass is 484 g/mol. The van der Waals surface area contributed by atoms with E-state index in [9.17, 15) is 13.6 Å². The van der Waals surface area contributed by atoms with Crippen LogP contribution in [0.1, 0.15) is 58.6 Å². The summed E-state index contributed by atoms with van der Waals surface area (Å²) in [4.78, 5) is 14.5. The van der Waals surface area contributed by atoms with E-state index in [0.717, 1.165) is 18.4 Å². The quantitative estimate of drug-likeness (QED) is 0.542. The van der Waals surface area contributed by atoms with E-state index in [0.29, 0.717) is 21.9 Å². The van der Waals surface area contributed by atoms with Gasteiger partial charge in [-0.25, -0.2) is 13.6 Å². The second-order valence-electron chi connectivity index (χ2n) is 8.86. The summed E-state index contributed by atoms with van der Waals surface area (Å²) in [6, 6.07) is 7.21. The molecule has 1 heterocycles. The van der Waals surface area contributed by atoms with E-state index in [4.69, 9.17) is 10.5 Å². The van der Waals surface area contributed by atoms with Crippen molar-refractivity contribution in [3.63, 3.8) is 0 Å². The average Bonchev–Trinajstić information content (AvgIpc) is 3.43. The first-order valence-corrected chi connectivity index (χ1v) is 10.7. The van der Waals surface area contributed by atoms with Crippen LogP contribution in [0.15, 0.2) is 28.9 Å². The Morgan fingerprint density at radius 1 is 1.27 bits per heavy atom. The van der Waals surface area contributed by atoms with E-state index < -0.39 is 29.5 Å². The van der Waals surface area contributed by atoms with Gasteiger partial charge in [-0.2, -0.15) is 9.90 Å². The number of alkyl halides is 2. The molecular weight excluding hydrogens is 458 g/mol. The first kappa shape index (κ1) is 22.8. The molecule has 0 amide bonds. The summed E-state index contributed by atoms with van der Waals surface area (Å²) >= 11 is 3.44. The van der Waals surface area contributed by atoms with Crippen molar-refractivity contribution < 1.29 is 18.3 Å². The van der Waals surface area contributed by atoms with Crippen molar-refractivity contribution in [1.29, 1.82) is 0 Å². The summed E-state index contributed by atoms with van der Waals surface area (Å²) < 4.78 is 33.1. The molecule has 1 saturated carbocycles. The molecular formula is C21H27BrF2N4O2. The van der Waals surface area contributed by atoms with Crippen LogP contribution in [0.4, 0.5) is 8.78 Å². The zero-order chi connectivity index (χ0) is 22.3. The predicted molar refractivity (Wildman–Crippen MR) is 113 cm³/mol. The Kier molecular flexibility index (Phi) is 6.34. The van der Waals surface area contributed by atoms with E-state index in [1.54, 1.807) is 42.9 Å². The lowest BCUT2D eigenvalue weighted by Crippen LogP contribution is -2.50. The highest BCUT2D eigenvalue weighted by molar-refractivity contribution is 9.10. The molecule has 1 aliphatic rings. The van der Waals surface area contributed by atoms with Gasteiger partial charge in [0.1, 0.15) is 11.2 Å². The summed E-state index contributed by atoms with van der Waals surface area (Å²) in [5, 5.41) is 8.92. The standard InChI is InChI=1S/C21H27BrF2N4O2/c1-12(2)30-19(29)21(25,11-20(3,4)18(23)24)14-7-5-13(6-8-14)16-17(22)27-28(26-16)15-9-10-15/h5-8,12,15,18H,9-11,25H2,1-4H3. The van der Waals surface area contributed by atoms with Crippen molar-refractivity contribution in [3.8, 4) is 11.3 Å². The fourth-order valence-corrected chi connectivity index (χ4v) is 3.75. The van der Waals surface area contributed by atoms with Gasteiger partial charge in [-0.15, -0.1) is 5.10 Å². The number of esters is 1. The highest BCUT2D eigenvalue weighted by Crippen LogP contribution is 2.40. The van der Waals surface area contributed by atoms with Gasteiger partial charge in [0, 0.05) is 11.0 Å². The number of nitrogens with two attached hydrogens (primary N) is 1. The molecule has 9 heteroatoms. The van der Waals surface area contributed by atoms with Crippen LogP contribution in [0.3, 0.4) is 0 Å². The number of carbonyl (C=O) groups is 1. The minimum Gasteiger partial charge on any atom is -0.461 e. The number of ether oxygens (including phenoxy) is 1. The molecule has 164 valence electrons. The van der Waals surface area contributed by atoms with Crippen LogP contribution in [0.25, 0.3) is 11.3 Å². The Bertz CT molecular complexity index is 910. The largest absolute Gasteiger partial charge is 0.461 e. The maximum absolute atomic E-state index is 13.6. The fraction of sp³-hybridized carbons (Fsp3) is 0.571. The Morgan fingerprint density at radius 2 is 1.87 bits per heavy atom. The number of hydrogen-bond donors (Lipinski definition) is 1. The number of hydrogen-bond acceptors (Lipinski definition) is 5. The highest BCUT2D eigenvalue weighted by Gasteiger charge is 2.46. The lowest BCUT2D eigenvalue weighted by molar-refractivity contribution is -0.157. The van der Waals surface area contributed by atoms with Gasteiger partial charge in [0.15, 0.2) is 4.60 Å². The van der Waals surface area contributed by atoms with Crippen molar-refractivity contribution in [2.75, 3.05) is 0 Å². The second-order valence-corrected chi connectivity index (χ2v) is 9.61. The maximum Gasteiger partial charge on any atom is 0.331 e. The smallest absolute Gasteiger partial charge is 0.331 e. The molecule has 0 aliphatic heterocycles. The van der Waals surface area contributed by atoms with Crippen molar-refractivity contribution in [2.24, 2.45) is 11.1 Å². The molecule has 3 rings (SSSR count). The van der Waals surface area contributed by atoms with Crippen LogP contribution < -0.4 is 5.73 Å². The van der Waals surface area contributed by atoms with Crippen molar-refractivity contribution in [2.45, 2.75) is 71.1 Å². The van der Waals surface area contributed by atoms with Crippen molar-refractivity contribution >= 4 is 21.9 Å². The Balaban J connectivity index is 1.94. The second kappa shape index (κ2) is 8.34. The van der Waals surface area contributed by atoms with E-state index in [1.807, 2.05) is 0 Å². The van der Waals surface area contributed by atoms with Crippen LogP contribution in [-0.2, 0) is 15.1 Å². The molecule has 6 nitrogen and oxygen atoms in total. The predicted octanol–water partition coefficient (Wildman–Crippen LogP) is 4.83. The van der Waals surface area contributed by atoms with Crippen molar-refractivity contribution in [3.05, 3.63) is 34.4 Å². The summed E-state index contributed by atoms with van der Waals surface area (Å²) in [6.07, 6.45) is -1.19. The van der Waals surface area contributed by atoms with Gasteiger partial charge in [-0.05, 0) is 54.6 Å². The molecule has 1 atom stereocenters. The average molecular weight is 485 g/mol. The third kappa shape index (κ3) is 4.72. The highest BCUT2D eigenvalue weighted by atomic mass is 79.9. The third-order valence-electron chi connectivity index (χ3n) is 5.17. The zero-order valence-electron chi connectivity index (χ0n) is 17.5. The lowest BCUT2D eigenvalue weighted by atomic mass is 9.75. The fourth-order valence-electron chi connectivity index (χ4n) is 3.28. The molecule has 1 fully saturated rings. The summed E-state index contributed by atoms with van der Waals surface area (Å²) in [5.74, 6) is -0.722. The normalized spacial score (nSPS) is 16.7. The van der Waals surface area contributed by atoms with Crippen LogP contribution in [0.5, 0.6) is 0 Å². The molecule has 2 aromatic rings. The SMILES string of the molecule is CC(C)OC(=O)C(N)(CC(C)(C)C(F)F)c1ccc(-c2nn(C3CC3)nc2Br)cc1. The van der Waals surface area contributed by atoms with Crippen LogP contribution >= 0.6 is 15.9 Å². The van der Waals surface area contributed by atoms with E-state index in [2.05, 4.69) is 26.1 Å². The Morgan fingerprint density at radius 3 is 2.37 bits per heavy atom. The molecule has 0 radical (unpaired) electrons. The number of carbonyl (C=O) groups excluding carboxylic acids is 1. The lowest BCUT2D eigenvalue weighted by Gasteiger charge is -2.36. The molecule has 0 spiro atoms. The summed E-state index contributed by atoms with van der Waals surface area (Å²) in [5.41, 5.74) is 5.15. The van der Waals surface area contributed by atoms with Crippen molar-refractivity contribution in [1.82, 2.24) is 15.0 Å². The van der Waals surface area contributed by atoms with Gasteiger partial charge in [-0.1, -0.05) is 38.1 Å². The topological polar surface area (TPSA) is 83.0 Å². The summed E-state index contributed by atoms with van der Waals surface area (Å²) in [6.45, 7) is 6.17. The number of halogens is 3. The molecule has 1 aromatic heterocycles. The first-order valence-electron chi connectivity index (χ1n) is 9.95. The van der Waals surface area contributed by atoms with Gasteiger partial charge in [0.05, 0.1) is 12.1 Å². The van der Waals surface area contributed by atoms with Gasteiger partial charge in [-0.3, -0.25) is 0 Å². The Labute approximate surface area is 183 Å². The van der Waals surface area contributed by atoms with Gasteiger partial charge < -0.3 is 10.5 Å². The Hall–Kier alpha value is -1.87. The minimum atomic E-state index is -2.64. The van der Waals surface area contributed by atoms with Crippen LogP contribution in [0.2, 0.25) is 0 Å².